The maximum absolute atomic E-state index is 12.7. The Morgan fingerprint density at radius 2 is 1.85 bits per heavy atom. The van der Waals surface area contributed by atoms with Crippen LogP contribution in [0, 0.1) is 0 Å². The van der Waals surface area contributed by atoms with Crippen LogP contribution in [0.2, 0.25) is 0 Å². The number of carbonyl (C=O) groups is 2. The van der Waals surface area contributed by atoms with Crippen molar-refractivity contribution in [3.63, 3.8) is 0 Å². The number of hydrogen-bond donors (Lipinski definition) is 2. The highest BCUT2D eigenvalue weighted by Crippen LogP contribution is 2.30. The van der Waals surface area contributed by atoms with Crippen molar-refractivity contribution in [1.82, 2.24) is 0 Å². The van der Waals surface area contributed by atoms with Crippen molar-refractivity contribution in [1.29, 1.82) is 0 Å². The van der Waals surface area contributed by atoms with Crippen molar-refractivity contribution in [2.75, 3.05) is 41.8 Å². The first-order valence-electron chi connectivity index (χ1n) is 8.34. The standard InChI is InChI=1S/C19H20BrN3O3/c1-13(24)21-16-4-2-3-14(11-16)19(25)22-17-12-15(20)5-6-18(17)23-7-9-26-10-8-23/h2-6,11-12H,7-10H2,1H3,(H,21,24)(H,22,25). The van der Waals surface area contributed by atoms with Crippen molar-refractivity contribution in [3.05, 3.63) is 52.5 Å². The van der Waals surface area contributed by atoms with Crippen LogP contribution in [0.25, 0.3) is 0 Å². The molecule has 26 heavy (non-hydrogen) atoms. The van der Waals surface area contributed by atoms with Gasteiger partial charge < -0.3 is 20.3 Å². The molecule has 1 saturated heterocycles. The summed E-state index contributed by atoms with van der Waals surface area (Å²) in [6, 6.07) is 12.7. The van der Waals surface area contributed by atoms with Crippen LogP contribution < -0.4 is 15.5 Å². The van der Waals surface area contributed by atoms with Crippen molar-refractivity contribution in [2.24, 2.45) is 0 Å². The second-order valence-corrected chi connectivity index (χ2v) is 6.89. The molecule has 2 N–H and O–H groups in total. The Balaban J connectivity index is 1.82. The Kier molecular flexibility index (Phi) is 5.90. The maximum Gasteiger partial charge on any atom is 0.255 e. The van der Waals surface area contributed by atoms with Gasteiger partial charge in [-0.3, -0.25) is 9.59 Å². The number of amides is 2. The highest BCUT2D eigenvalue weighted by Gasteiger charge is 2.17. The summed E-state index contributed by atoms with van der Waals surface area (Å²) in [5.41, 5.74) is 2.76. The van der Waals surface area contributed by atoms with E-state index in [9.17, 15) is 9.59 Å². The fraction of sp³-hybridized carbons (Fsp3) is 0.263. The van der Waals surface area contributed by atoms with Gasteiger partial charge in [0.2, 0.25) is 5.91 Å². The first-order valence-corrected chi connectivity index (χ1v) is 9.13. The van der Waals surface area contributed by atoms with Gasteiger partial charge in [0.15, 0.2) is 0 Å². The Morgan fingerprint density at radius 3 is 2.58 bits per heavy atom. The van der Waals surface area contributed by atoms with Gasteiger partial charge >= 0.3 is 0 Å². The fourth-order valence-corrected chi connectivity index (χ4v) is 3.19. The van der Waals surface area contributed by atoms with E-state index in [1.165, 1.54) is 6.92 Å². The summed E-state index contributed by atoms with van der Waals surface area (Å²) in [4.78, 5) is 26.1. The summed E-state index contributed by atoms with van der Waals surface area (Å²) in [6.45, 7) is 4.33. The SMILES string of the molecule is CC(=O)Nc1cccc(C(=O)Nc2cc(Br)ccc2N2CCOCC2)c1. The van der Waals surface area contributed by atoms with Crippen LogP contribution >= 0.6 is 15.9 Å². The minimum atomic E-state index is -0.232. The number of anilines is 3. The zero-order valence-electron chi connectivity index (χ0n) is 14.4. The number of halogens is 1. The normalized spacial score (nSPS) is 14.0. The third-order valence-corrected chi connectivity index (χ3v) is 4.50. The minimum Gasteiger partial charge on any atom is -0.378 e. The van der Waals surface area contributed by atoms with E-state index in [0.717, 1.165) is 28.9 Å². The molecule has 1 fully saturated rings. The molecule has 1 aliphatic heterocycles. The summed E-state index contributed by atoms with van der Waals surface area (Å²) < 4.78 is 6.29. The molecule has 2 aromatic rings. The summed E-state index contributed by atoms with van der Waals surface area (Å²) in [7, 11) is 0. The van der Waals surface area contributed by atoms with Gasteiger partial charge in [-0.05, 0) is 36.4 Å². The second-order valence-electron chi connectivity index (χ2n) is 5.98. The summed E-state index contributed by atoms with van der Waals surface area (Å²) in [5, 5.41) is 5.67. The number of benzene rings is 2. The van der Waals surface area contributed by atoms with Gasteiger partial charge in [-0.1, -0.05) is 22.0 Å². The Hall–Kier alpha value is -2.38. The lowest BCUT2D eigenvalue weighted by molar-refractivity contribution is -0.114. The number of hydrogen-bond acceptors (Lipinski definition) is 4. The molecular weight excluding hydrogens is 398 g/mol. The first-order chi connectivity index (χ1) is 12.5. The van der Waals surface area contributed by atoms with Gasteiger partial charge in [0.25, 0.3) is 5.91 Å². The molecule has 0 spiro atoms. The number of nitrogens with zero attached hydrogens (tertiary/aromatic N) is 1. The average molecular weight is 418 g/mol. The molecule has 0 bridgehead atoms. The van der Waals surface area contributed by atoms with E-state index < -0.39 is 0 Å². The van der Waals surface area contributed by atoms with Crippen LogP contribution in [0.4, 0.5) is 17.1 Å². The number of rotatable bonds is 4. The fourth-order valence-electron chi connectivity index (χ4n) is 2.82. The van der Waals surface area contributed by atoms with Crippen LogP contribution in [0.1, 0.15) is 17.3 Å². The number of carbonyl (C=O) groups excluding carboxylic acids is 2. The van der Waals surface area contributed by atoms with Crippen LogP contribution in [-0.4, -0.2) is 38.1 Å². The summed E-state index contributed by atoms with van der Waals surface area (Å²) in [5.74, 6) is -0.408. The minimum absolute atomic E-state index is 0.177. The molecule has 3 rings (SSSR count). The lowest BCUT2D eigenvalue weighted by Gasteiger charge is -2.30. The molecule has 136 valence electrons. The van der Waals surface area contributed by atoms with Crippen molar-refractivity contribution in [3.8, 4) is 0 Å². The third kappa shape index (κ3) is 4.62. The molecule has 0 saturated carbocycles. The molecule has 1 heterocycles. The highest BCUT2D eigenvalue weighted by molar-refractivity contribution is 9.10. The molecule has 2 amide bonds. The quantitative estimate of drug-likeness (QED) is 0.798. The number of morpholine rings is 1. The van der Waals surface area contributed by atoms with Gasteiger partial charge in [0.1, 0.15) is 0 Å². The van der Waals surface area contributed by atoms with E-state index >= 15 is 0 Å². The van der Waals surface area contributed by atoms with Gasteiger partial charge in [-0.2, -0.15) is 0 Å². The van der Waals surface area contributed by atoms with Crippen LogP contribution in [0.15, 0.2) is 46.9 Å². The molecule has 1 aliphatic rings. The Labute approximate surface area is 160 Å². The van der Waals surface area contributed by atoms with Crippen LogP contribution in [-0.2, 0) is 9.53 Å². The molecule has 0 aromatic heterocycles. The number of nitrogens with one attached hydrogen (secondary N) is 2. The van der Waals surface area contributed by atoms with E-state index in [1.807, 2.05) is 18.2 Å². The lowest BCUT2D eigenvalue weighted by atomic mass is 10.1. The predicted octanol–water partition coefficient (Wildman–Crippen LogP) is 3.50. The zero-order chi connectivity index (χ0) is 18.5. The monoisotopic (exact) mass is 417 g/mol. The molecule has 0 radical (unpaired) electrons. The predicted molar refractivity (Wildman–Crippen MR) is 106 cm³/mol. The van der Waals surface area contributed by atoms with Crippen LogP contribution in [0.5, 0.6) is 0 Å². The molecule has 2 aromatic carbocycles. The van der Waals surface area contributed by atoms with E-state index in [-0.39, 0.29) is 11.8 Å². The maximum atomic E-state index is 12.7. The third-order valence-electron chi connectivity index (χ3n) is 4.00. The topological polar surface area (TPSA) is 70.7 Å². The average Bonchev–Trinajstić information content (AvgIpc) is 2.62. The molecule has 7 heteroatoms. The molecule has 0 unspecified atom stereocenters. The molecule has 0 atom stereocenters. The molecule has 0 aliphatic carbocycles. The van der Waals surface area contributed by atoms with E-state index in [2.05, 4.69) is 31.5 Å². The Bertz CT molecular complexity index is 819. The van der Waals surface area contributed by atoms with Crippen molar-refractivity contribution >= 4 is 44.8 Å². The second kappa shape index (κ2) is 8.33. The lowest BCUT2D eigenvalue weighted by Crippen LogP contribution is -2.36. The summed E-state index contributed by atoms with van der Waals surface area (Å²) in [6.07, 6.45) is 0. The Morgan fingerprint density at radius 1 is 1.08 bits per heavy atom. The van der Waals surface area contributed by atoms with Crippen molar-refractivity contribution < 1.29 is 14.3 Å². The first kappa shape index (κ1) is 18.4. The smallest absolute Gasteiger partial charge is 0.255 e. The van der Waals surface area contributed by atoms with Crippen LogP contribution in [0.3, 0.4) is 0 Å². The zero-order valence-corrected chi connectivity index (χ0v) is 16.0. The largest absolute Gasteiger partial charge is 0.378 e. The van der Waals surface area contributed by atoms with Gasteiger partial charge in [-0.15, -0.1) is 0 Å². The highest BCUT2D eigenvalue weighted by atomic mass is 79.9. The van der Waals surface area contributed by atoms with Gasteiger partial charge in [0, 0.05) is 35.7 Å². The van der Waals surface area contributed by atoms with Gasteiger partial charge in [-0.25, -0.2) is 0 Å². The number of ether oxygens (including phenoxy) is 1. The molecular formula is C19H20BrN3O3. The van der Waals surface area contributed by atoms with E-state index in [4.69, 9.17) is 4.74 Å². The molecule has 6 nitrogen and oxygen atoms in total. The summed E-state index contributed by atoms with van der Waals surface area (Å²) >= 11 is 3.46. The van der Waals surface area contributed by atoms with E-state index in [0.29, 0.717) is 24.5 Å². The van der Waals surface area contributed by atoms with Crippen molar-refractivity contribution in [2.45, 2.75) is 6.92 Å². The van der Waals surface area contributed by atoms with Gasteiger partial charge in [0.05, 0.1) is 24.6 Å². The van der Waals surface area contributed by atoms with E-state index in [1.54, 1.807) is 24.3 Å².